The molecule has 14 aromatic heterocycles. The zero-order chi connectivity index (χ0) is 85.0. The summed E-state index contributed by atoms with van der Waals surface area (Å²) < 4.78 is 44.3. The van der Waals surface area contributed by atoms with Gasteiger partial charge in [-0.25, -0.2) is 18.1 Å². The van der Waals surface area contributed by atoms with Gasteiger partial charge in [0.05, 0.1) is 43.6 Å². The van der Waals surface area contributed by atoms with Gasteiger partial charge in [0, 0.05) is 86.9 Å². The van der Waals surface area contributed by atoms with Crippen molar-refractivity contribution in [3.8, 4) is 45.3 Å². The highest BCUT2D eigenvalue weighted by atomic mass is 17.1. The van der Waals surface area contributed by atoms with Crippen LogP contribution in [0.2, 0.25) is 0 Å². The summed E-state index contributed by atoms with van der Waals surface area (Å²) in [4.78, 5) is 8.45. The molecule has 0 aliphatic carbocycles. The van der Waals surface area contributed by atoms with Crippen LogP contribution in [0.3, 0.4) is 0 Å². The number of rotatable bonds is 13. The largest absolute Gasteiger partial charge is 0.875 e. The molecule has 5 aliphatic rings. The van der Waals surface area contributed by atoms with Gasteiger partial charge in [-0.1, -0.05) is 160 Å². The molecular formula is C90H71B5N16O15+10. The minimum Gasteiger partial charge on any atom is -0.421 e. The highest BCUT2D eigenvalue weighted by Crippen LogP contribution is 2.40. The Morgan fingerprint density at radius 2 is 0.960 bits per heavy atom. The van der Waals surface area contributed by atoms with Crippen molar-refractivity contribution in [1.82, 2.24) is 28.2 Å². The minimum atomic E-state index is -1.90. The first-order valence-electron chi connectivity index (χ1n) is 40.6. The van der Waals surface area contributed by atoms with Gasteiger partial charge in [-0.05, 0) is 60.7 Å². The zero-order valence-corrected chi connectivity index (χ0v) is 66.5. The first-order chi connectivity index (χ1) is 61.7. The van der Waals surface area contributed by atoms with Crippen LogP contribution in [0.25, 0.3) is 166 Å². The Morgan fingerprint density at radius 3 is 1.64 bits per heavy atom. The van der Waals surface area contributed by atoms with Gasteiger partial charge in [-0.2, -0.15) is 37.7 Å². The Kier molecular flexibility index (Phi) is 18.0. The second-order valence-electron chi connectivity index (χ2n) is 31.2. The van der Waals surface area contributed by atoms with E-state index in [1.54, 1.807) is 46.0 Å². The predicted molar refractivity (Wildman–Crippen MR) is 459 cm³/mol. The number of pyridine rings is 8. The van der Waals surface area contributed by atoms with Crippen LogP contribution in [0.1, 0.15) is 22.3 Å². The molecule has 0 amide bonds. The number of fused-ring (bicyclic) bond motifs is 18. The minimum absolute atomic E-state index is 0.545. The van der Waals surface area contributed by atoms with Crippen molar-refractivity contribution in [2.45, 2.75) is 32.8 Å². The maximum Gasteiger partial charge on any atom is 0.875 e. The average molecular weight is 1670 g/mol. The SMILES string of the molecule is OB(O)O[n+]1ccc[n+]2c1-c1cc(-c3ccccc3)nn1C2.OB(O)On1cccc2c1c1cccc3c1c1[n+](cc(-c4ccccc4)[n+]21)C3.OB(O)On1cccc2c1c1cccc3c1c1[n+](cc[n+]21)C3.OOB(O)[n+]1cccc2c1c1cccc3c1c1n(c(-c4ccccc4)c[n+]21)C3.OOB(O)[n+]1cccc2c1c1cccc3c1c1n2c2ccccc2[n+]1C3. The van der Waals surface area contributed by atoms with E-state index < -0.39 is 36.5 Å². The molecule has 0 radical (unpaired) electrons. The van der Waals surface area contributed by atoms with Gasteiger partial charge in [0.2, 0.25) is 70.3 Å². The van der Waals surface area contributed by atoms with Crippen LogP contribution in [0.15, 0.2) is 311 Å². The lowest BCUT2D eigenvalue weighted by Crippen LogP contribution is -2.57. The first-order valence-corrected chi connectivity index (χ1v) is 40.6. The molecule has 31 nitrogen and oxygen atoms in total. The smallest absolute Gasteiger partial charge is 0.421 e. The third kappa shape index (κ3) is 11.9. The monoisotopic (exact) mass is 1670 g/mol. The summed E-state index contributed by atoms with van der Waals surface area (Å²) in [5.41, 5.74) is 26.1. The average Bonchev–Trinajstić information content (AvgIpc) is 1.48. The maximum absolute atomic E-state index is 10.2. The molecule has 10 N–H and O–H groups in total. The normalized spacial score (nSPS) is 12.6. The summed E-state index contributed by atoms with van der Waals surface area (Å²) in [5.74, 6) is 0.699. The summed E-state index contributed by atoms with van der Waals surface area (Å²) in [5, 5.41) is 107. The van der Waals surface area contributed by atoms with E-state index in [4.69, 9.17) is 34.8 Å². The molecule has 27 rings (SSSR count). The fourth-order valence-corrected chi connectivity index (χ4v) is 19.5. The van der Waals surface area contributed by atoms with E-state index >= 15 is 0 Å². The van der Waals surface area contributed by atoms with Crippen LogP contribution >= 0.6 is 0 Å². The van der Waals surface area contributed by atoms with Gasteiger partial charge < -0.3 is 49.7 Å². The Labute approximate surface area is 712 Å². The van der Waals surface area contributed by atoms with E-state index in [0.29, 0.717) is 12.5 Å². The molecule has 36 heteroatoms. The Balaban J connectivity index is 0.0000000909. The summed E-state index contributed by atoms with van der Waals surface area (Å²) in [6.07, 6.45) is 18.7. The standard InChI is InChI=1S/C21H15BN3O3.C21H16BN3O3.C19H13BN3O3.C15H12BN3O3.C14H13BN4O3/c26-22(28-27)25-11-5-10-17-20(25)16-9-4-8-15-12-23-18(14-6-2-1-3-7-14)13-24(17)21(23)19(15)16;26-22(27)28-24-11-5-10-17-20(24)16-9-4-8-15-12-23-13-18(14-6-2-1-3-7-14)25(17)21(23)19(15)16;24-20(26-25)22-10-4-9-16-18(22)13-6-3-5-12-11-21-14-7-1-2-8-15(14)23(16)19(21)17(12)13;20-16(21)22-19-6-2-5-12-14(19)11-4-1-3-10-9-17-7-8-18(12)15(17)13(10)11;20-15(21)22-19-8-4-7-17-10-18-13(14(17)19)9-12(16-18)11-5-2-1-3-6-11/h1-11,13,26H,12H2;1-11,13,26-27H,12H2;1-10,24H,11H2;1-8,20-21H,9H2;1-9,20-21H,10H2/q+1;+2;+1;2*+2/p+2. The van der Waals surface area contributed by atoms with Gasteiger partial charge in [-0.15, -0.1) is 13.7 Å². The number of hydrogen-bond acceptors (Lipinski definition) is 16. The maximum atomic E-state index is 10.2. The molecule has 0 saturated heterocycles. The van der Waals surface area contributed by atoms with Gasteiger partial charge >= 0.3 is 53.6 Å². The molecule has 0 spiro atoms. The van der Waals surface area contributed by atoms with Gasteiger partial charge in [0.25, 0.3) is 17.0 Å². The molecule has 0 fully saturated rings. The van der Waals surface area contributed by atoms with Gasteiger partial charge in [-0.3, -0.25) is 15.3 Å². The lowest BCUT2D eigenvalue weighted by Gasteiger charge is -2.11. The predicted octanol–water partition coefficient (Wildman–Crippen LogP) is 3.65. The lowest BCUT2D eigenvalue weighted by atomic mass is 10.0. The molecule has 19 heterocycles. The van der Waals surface area contributed by atoms with Crippen molar-refractivity contribution < 1.29 is 120 Å². The quantitative estimate of drug-likeness (QED) is 0.0259. The summed E-state index contributed by atoms with van der Waals surface area (Å²) in [7, 11) is -8.62. The van der Waals surface area contributed by atoms with Crippen molar-refractivity contribution in [3.63, 3.8) is 0 Å². The zero-order valence-electron chi connectivity index (χ0n) is 66.5. The van der Waals surface area contributed by atoms with Crippen molar-refractivity contribution in [3.05, 3.63) is 333 Å². The molecule has 0 unspecified atom stereocenters. The summed E-state index contributed by atoms with van der Waals surface area (Å²) >= 11 is 0. The van der Waals surface area contributed by atoms with Crippen LogP contribution in [-0.4, -0.2) is 115 Å². The molecule has 8 aromatic carbocycles. The van der Waals surface area contributed by atoms with Crippen molar-refractivity contribution >= 4 is 157 Å². The van der Waals surface area contributed by atoms with Gasteiger partial charge in [0.15, 0.2) is 47.0 Å². The number of benzene rings is 8. The second-order valence-corrected chi connectivity index (χ2v) is 31.2. The van der Waals surface area contributed by atoms with Crippen molar-refractivity contribution in [2.75, 3.05) is 0 Å². The third-order valence-electron chi connectivity index (χ3n) is 24.3. The Bertz CT molecular complexity index is 8300. The molecule has 606 valence electrons. The lowest BCUT2D eigenvalue weighted by molar-refractivity contribution is -0.909. The van der Waals surface area contributed by atoms with E-state index in [1.807, 2.05) is 185 Å². The Morgan fingerprint density at radius 1 is 0.397 bits per heavy atom. The van der Waals surface area contributed by atoms with E-state index in [9.17, 15) is 30.1 Å². The molecule has 22 aromatic rings. The van der Waals surface area contributed by atoms with E-state index in [0.717, 1.165) is 170 Å². The van der Waals surface area contributed by atoms with E-state index in [2.05, 4.69) is 148 Å². The number of aromatic nitrogens is 16. The second kappa shape index (κ2) is 29.9. The number of imidazole rings is 4. The van der Waals surface area contributed by atoms with Crippen LogP contribution in [0, 0.1) is 0 Å². The fourth-order valence-electron chi connectivity index (χ4n) is 19.5. The molecular weight excluding hydrogens is 1600 g/mol. The van der Waals surface area contributed by atoms with Crippen molar-refractivity contribution in [1.29, 1.82) is 0 Å². The molecule has 5 aliphatic heterocycles. The first kappa shape index (κ1) is 75.9. The van der Waals surface area contributed by atoms with Crippen LogP contribution in [-0.2, 0) is 42.5 Å². The van der Waals surface area contributed by atoms with Crippen LogP contribution in [0.5, 0.6) is 0 Å². The van der Waals surface area contributed by atoms with E-state index in [-0.39, 0.29) is 0 Å². The van der Waals surface area contributed by atoms with Gasteiger partial charge in [0.1, 0.15) is 42.5 Å². The number of para-hydroxylation sites is 2. The van der Waals surface area contributed by atoms with Crippen molar-refractivity contribution in [2.24, 2.45) is 0 Å². The molecule has 0 saturated carbocycles. The van der Waals surface area contributed by atoms with Crippen LogP contribution < -0.4 is 59.4 Å². The highest BCUT2D eigenvalue weighted by molar-refractivity contribution is 6.34. The number of hydrogen-bond donors (Lipinski definition) is 10. The van der Waals surface area contributed by atoms with E-state index in [1.165, 1.54) is 52.7 Å². The molecule has 0 atom stereocenters. The molecule has 0 bridgehead atoms. The topological polar surface area (TPSA) is 325 Å². The highest BCUT2D eigenvalue weighted by Gasteiger charge is 2.46. The third-order valence-corrected chi connectivity index (χ3v) is 24.3. The molecule has 126 heavy (non-hydrogen) atoms. The fraction of sp³-hybridized carbons (Fsp3) is 0.0556. The Hall–Kier alpha value is -15.0. The summed E-state index contributed by atoms with van der Waals surface area (Å²) in [6, 6.07) is 82.8. The summed E-state index contributed by atoms with van der Waals surface area (Å²) in [6.45, 7) is 3.82. The number of nitrogens with zero attached hydrogens (tertiary/aromatic N) is 16. The van der Waals surface area contributed by atoms with Crippen LogP contribution in [0.4, 0.5) is 0 Å².